The molecule has 1 atom stereocenters. The average Bonchev–Trinajstić information content (AvgIpc) is 2.26. The van der Waals surface area contributed by atoms with Crippen LogP contribution in [-0.2, 0) is 4.79 Å². The number of nitrogens with one attached hydrogen (secondary N) is 1. The molecule has 0 spiro atoms. The highest BCUT2D eigenvalue weighted by atomic mass is 16.1. The Bertz CT molecular complexity index is 210. The fourth-order valence-electron chi connectivity index (χ4n) is 2.34. The molecule has 0 heterocycles. The topological polar surface area (TPSA) is 55.1 Å². The Balaban J connectivity index is 2.01. The van der Waals surface area contributed by atoms with Crippen LogP contribution in [0.3, 0.4) is 0 Å². The lowest BCUT2D eigenvalue weighted by molar-refractivity contribution is -0.121. The Hall–Kier alpha value is -0.570. The van der Waals surface area contributed by atoms with Gasteiger partial charge >= 0.3 is 0 Å². The minimum atomic E-state index is -0.209. The molecule has 0 aromatic rings. The zero-order chi connectivity index (χ0) is 12.0. The fourth-order valence-corrected chi connectivity index (χ4v) is 2.34. The van der Waals surface area contributed by atoms with Gasteiger partial charge in [-0.15, -0.1) is 0 Å². The first-order chi connectivity index (χ1) is 7.59. The van der Waals surface area contributed by atoms with Gasteiger partial charge in [0.1, 0.15) is 0 Å². The van der Waals surface area contributed by atoms with Crippen LogP contribution in [0.1, 0.15) is 46.0 Å². The fraction of sp³-hybridized carbons (Fsp3) is 0.923. The molecule has 3 N–H and O–H groups in total. The normalized spacial score (nSPS) is 27.6. The molecule has 1 aliphatic carbocycles. The molecule has 1 amide bonds. The van der Waals surface area contributed by atoms with E-state index in [1.54, 1.807) is 0 Å². The molecule has 0 aromatic heterocycles. The molecule has 94 valence electrons. The van der Waals surface area contributed by atoms with Crippen LogP contribution in [0, 0.1) is 17.8 Å². The number of primary amides is 1. The molecule has 16 heavy (non-hydrogen) atoms. The van der Waals surface area contributed by atoms with Crippen LogP contribution in [0.4, 0.5) is 0 Å². The Morgan fingerprint density at radius 1 is 1.38 bits per heavy atom. The Morgan fingerprint density at radius 2 is 2.00 bits per heavy atom. The molecule has 1 saturated carbocycles. The van der Waals surface area contributed by atoms with Crippen molar-refractivity contribution in [3.63, 3.8) is 0 Å². The maximum absolute atomic E-state index is 10.8. The lowest BCUT2D eigenvalue weighted by atomic mass is 9.81. The van der Waals surface area contributed by atoms with E-state index >= 15 is 0 Å². The summed E-state index contributed by atoms with van der Waals surface area (Å²) in [5.74, 6) is 1.57. The lowest BCUT2D eigenvalue weighted by Crippen LogP contribution is -2.32. The van der Waals surface area contributed by atoms with E-state index in [0.717, 1.165) is 24.9 Å². The van der Waals surface area contributed by atoms with Gasteiger partial charge in [0.2, 0.25) is 5.91 Å². The summed E-state index contributed by atoms with van der Waals surface area (Å²) in [4.78, 5) is 10.8. The van der Waals surface area contributed by atoms with E-state index in [-0.39, 0.29) is 11.8 Å². The number of rotatable bonds is 6. The Morgan fingerprint density at radius 3 is 2.56 bits per heavy atom. The third-order valence-electron chi connectivity index (χ3n) is 3.80. The van der Waals surface area contributed by atoms with Crippen LogP contribution in [0.2, 0.25) is 0 Å². The van der Waals surface area contributed by atoms with Gasteiger partial charge in [-0.25, -0.2) is 0 Å². The standard InChI is InChI=1S/C13H26N2O/c1-10-3-5-12(6-4-10)7-8-15-9-11(2)13(14)16/h10-12,15H,3-9H2,1-2H3,(H2,14,16). The lowest BCUT2D eigenvalue weighted by Gasteiger charge is -2.26. The summed E-state index contributed by atoms with van der Waals surface area (Å²) in [7, 11) is 0. The quantitative estimate of drug-likeness (QED) is 0.680. The molecule has 0 saturated heterocycles. The first-order valence-electron chi connectivity index (χ1n) is 6.59. The third-order valence-corrected chi connectivity index (χ3v) is 3.80. The predicted octanol–water partition coefficient (Wildman–Crippen LogP) is 1.91. The first-order valence-corrected chi connectivity index (χ1v) is 6.59. The van der Waals surface area contributed by atoms with Crippen LogP contribution in [0.5, 0.6) is 0 Å². The summed E-state index contributed by atoms with van der Waals surface area (Å²) in [6.45, 7) is 5.97. The van der Waals surface area contributed by atoms with Crippen molar-refractivity contribution >= 4 is 5.91 Å². The summed E-state index contributed by atoms with van der Waals surface area (Å²) in [6, 6.07) is 0. The van der Waals surface area contributed by atoms with E-state index < -0.39 is 0 Å². The second-order valence-electron chi connectivity index (χ2n) is 5.42. The van der Waals surface area contributed by atoms with E-state index in [4.69, 9.17) is 5.73 Å². The Labute approximate surface area is 99.2 Å². The highest BCUT2D eigenvalue weighted by molar-refractivity contribution is 5.76. The van der Waals surface area contributed by atoms with Crippen molar-refractivity contribution in [1.82, 2.24) is 5.32 Å². The second kappa shape index (κ2) is 6.89. The van der Waals surface area contributed by atoms with Crippen molar-refractivity contribution in [2.45, 2.75) is 46.0 Å². The zero-order valence-electron chi connectivity index (χ0n) is 10.7. The third kappa shape index (κ3) is 4.97. The Kier molecular flexibility index (Phi) is 5.81. The molecule has 0 aliphatic heterocycles. The van der Waals surface area contributed by atoms with E-state index in [1.165, 1.54) is 32.1 Å². The first kappa shape index (κ1) is 13.5. The van der Waals surface area contributed by atoms with Crippen LogP contribution < -0.4 is 11.1 Å². The summed E-state index contributed by atoms with van der Waals surface area (Å²) >= 11 is 0. The molecular formula is C13H26N2O. The monoisotopic (exact) mass is 226 g/mol. The molecule has 1 unspecified atom stereocenters. The maximum atomic E-state index is 10.8. The van der Waals surface area contributed by atoms with Crippen molar-refractivity contribution in [3.8, 4) is 0 Å². The van der Waals surface area contributed by atoms with E-state index in [9.17, 15) is 4.79 Å². The van der Waals surface area contributed by atoms with Gasteiger partial charge in [-0.3, -0.25) is 4.79 Å². The van der Waals surface area contributed by atoms with E-state index in [1.807, 2.05) is 6.92 Å². The van der Waals surface area contributed by atoms with E-state index in [0.29, 0.717) is 0 Å². The number of carbonyl (C=O) groups excluding carboxylic acids is 1. The SMILES string of the molecule is CC1CCC(CCNCC(C)C(N)=O)CC1. The maximum Gasteiger partial charge on any atom is 0.221 e. The highest BCUT2D eigenvalue weighted by Gasteiger charge is 2.17. The van der Waals surface area contributed by atoms with Gasteiger partial charge in [0.25, 0.3) is 0 Å². The molecule has 3 nitrogen and oxygen atoms in total. The minimum absolute atomic E-state index is 0.0496. The predicted molar refractivity (Wildman–Crippen MR) is 67.0 cm³/mol. The van der Waals surface area contributed by atoms with Crippen LogP contribution >= 0.6 is 0 Å². The number of carbonyl (C=O) groups is 1. The highest BCUT2D eigenvalue weighted by Crippen LogP contribution is 2.29. The summed E-state index contributed by atoms with van der Waals surface area (Å²) in [6.07, 6.45) is 6.80. The van der Waals surface area contributed by atoms with Gasteiger partial charge in [0, 0.05) is 12.5 Å². The van der Waals surface area contributed by atoms with Gasteiger partial charge in [-0.1, -0.05) is 39.5 Å². The van der Waals surface area contributed by atoms with Crippen LogP contribution in [-0.4, -0.2) is 19.0 Å². The van der Waals surface area contributed by atoms with Crippen molar-refractivity contribution in [1.29, 1.82) is 0 Å². The van der Waals surface area contributed by atoms with Crippen molar-refractivity contribution in [2.24, 2.45) is 23.5 Å². The molecule has 1 aliphatic rings. The van der Waals surface area contributed by atoms with Gasteiger partial charge in [0.05, 0.1) is 0 Å². The molecule has 1 rings (SSSR count). The molecule has 0 radical (unpaired) electrons. The molecule has 3 heteroatoms. The number of hydrogen-bond donors (Lipinski definition) is 2. The zero-order valence-corrected chi connectivity index (χ0v) is 10.7. The summed E-state index contributed by atoms with van der Waals surface area (Å²) < 4.78 is 0. The molecular weight excluding hydrogens is 200 g/mol. The smallest absolute Gasteiger partial charge is 0.221 e. The molecule has 1 fully saturated rings. The van der Waals surface area contributed by atoms with Gasteiger partial charge in [-0.2, -0.15) is 0 Å². The minimum Gasteiger partial charge on any atom is -0.369 e. The average molecular weight is 226 g/mol. The summed E-state index contributed by atoms with van der Waals surface area (Å²) in [5.41, 5.74) is 5.20. The van der Waals surface area contributed by atoms with Crippen molar-refractivity contribution in [2.75, 3.05) is 13.1 Å². The van der Waals surface area contributed by atoms with Crippen LogP contribution in [0.15, 0.2) is 0 Å². The number of hydrogen-bond acceptors (Lipinski definition) is 2. The van der Waals surface area contributed by atoms with Crippen molar-refractivity contribution in [3.05, 3.63) is 0 Å². The van der Waals surface area contributed by atoms with Crippen LogP contribution in [0.25, 0.3) is 0 Å². The second-order valence-corrected chi connectivity index (χ2v) is 5.42. The number of nitrogens with two attached hydrogens (primary N) is 1. The van der Waals surface area contributed by atoms with Gasteiger partial charge in [0.15, 0.2) is 0 Å². The largest absolute Gasteiger partial charge is 0.369 e. The van der Waals surface area contributed by atoms with Crippen molar-refractivity contribution < 1.29 is 4.79 Å². The van der Waals surface area contributed by atoms with Gasteiger partial charge < -0.3 is 11.1 Å². The summed E-state index contributed by atoms with van der Waals surface area (Å²) in [5, 5.41) is 3.32. The van der Waals surface area contributed by atoms with Gasteiger partial charge in [-0.05, 0) is 24.8 Å². The van der Waals surface area contributed by atoms with E-state index in [2.05, 4.69) is 12.2 Å². The number of amides is 1. The molecule has 0 bridgehead atoms. The molecule has 0 aromatic carbocycles.